The monoisotopic (exact) mass is 433 g/mol. The third kappa shape index (κ3) is 2.77. The molecule has 0 fully saturated rings. The first-order valence-electron chi connectivity index (χ1n) is 4.91. The van der Waals surface area contributed by atoms with Crippen LogP contribution >= 0.6 is 0 Å². The van der Waals surface area contributed by atoms with Gasteiger partial charge in [0, 0.05) is 63.1 Å². The molecule has 1 aliphatic carbocycles. The second-order valence-corrected chi connectivity index (χ2v) is 3.91. The van der Waals surface area contributed by atoms with E-state index in [0.717, 1.165) is 11.1 Å². The van der Waals surface area contributed by atoms with Crippen molar-refractivity contribution in [3.63, 3.8) is 0 Å². The topological polar surface area (TPSA) is 75.4 Å². The number of carbonyl (C=O) groups is 1. The van der Waals surface area contributed by atoms with Crippen LogP contribution in [0.15, 0.2) is 18.2 Å². The van der Waals surface area contributed by atoms with Crippen LogP contribution in [0.5, 0.6) is 0 Å². The van der Waals surface area contributed by atoms with Crippen molar-refractivity contribution in [2.24, 2.45) is 0 Å². The Morgan fingerprint density at radius 1 is 1.56 bits per heavy atom. The minimum absolute atomic E-state index is 0. The van der Waals surface area contributed by atoms with Gasteiger partial charge in [-0.2, -0.15) is 0 Å². The van der Waals surface area contributed by atoms with Gasteiger partial charge in [-0.3, -0.25) is 4.79 Å². The molecule has 0 saturated heterocycles. The van der Waals surface area contributed by atoms with Gasteiger partial charge in [0.2, 0.25) is 5.91 Å². The molecule has 1 amide bonds. The molecule has 0 spiro atoms. The predicted molar refractivity (Wildman–Crippen MR) is 57.1 cm³/mol. The van der Waals surface area contributed by atoms with Gasteiger partial charge >= 0.3 is 0 Å². The molecule has 16 heavy (non-hydrogen) atoms. The summed E-state index contributed by atoms with van der Waals surface area (Å²) in [7, 11) is 0. The molecule has 0 heterocycles. The zero-order chi connectivity index (χ0) is 11.0. The molecule has 1 aliphatic rings. The van der Waals surface area contributed by atoms with Crippen molar-refractivity contribution in [2.45, 2.75) is 25.5 Å². The summed E-state index contributed by atoms with van der Waals surface area (Å²) < 4.78 is 0. The number of carbonyl (C=O) groups excluding carboxylic acids is 1. The Balaban J connectivity index is 0.00000128. The van der Waals surface area contributed by atoms with Crippen LogP contribution in [-0.2, 0) is 11.2 Å². The third-order valence-corrected chi connectivity index (χ3v) is 2.68. The first kappa shape index (κ1) is 14.0. The Hall–Kier alpha value is -0.108. The van der Waals surface area contributed by atoms with Crippen molar-refractivity contribution in [3.05, 3.63) is 29.3 Å². The van der Waals surface area contributed by atoms with E-state index in [1.165, 1.54) is 6.92 Å². The molecule has 1 aromatic carbocycles. The zero-order valence-corrected chi connectivity index (χ0v) is 13.8. The summed E-state index contributed by atoms with van der Waals surface area (Å²) in [6.07, 6.45) is 0.0197. The summed E-state index contributed by atoms with van der Waals surface area (Å²) in [5, 5.41) is 12.5. The average Bonchev–Trinajstić information content (AvgIpc) is 2.43. The van der Waals surface area contributed by atoms with Gasteiger partial charge in [0.1, 0.15) is 0 Å². The van der Waals surface area contributed by atoms with Gasteiger partial charge in [-0.25, -0.2) is 0 Å². The number of rotatable bonds is 1. The van der Waals surface area contributed by atoms with E-state index in [9.17, 15) is 9.90 Å². The molecule has 2 atom stereocenters. The number of benzene rings is 1. The first-order chi connectivity index (χ1) is 7.08. The van der Waals surface area contributed by atoms with Crippen molar-refractivity contribution in [3.8, 4) is 0 Å². The van der Waals surface area contributed by atoms with Gasteiger partial charge in [0.15, 0.2) is 0 Å². The van der Waals surface area contributed by atoms with Crippen molar-refractivity contribution >= 4 is 11.6 Å². The van der Waals surface area contributed by atoms with Gasteiger partial charge in [-0.15, -0.1) is 0 Å². The van der Waals surface area contributed by atoms with E-state index in [1.54, 1.807) is 0 Å². The van der Waals surface area contributed by atoms with Crippen LogP contribution in [0, 0.1) is 44.1 Å². The van der Waals surface area contributed by atoms with Crippen LogP contribution in [0.25, 0.3) is 0 Å². The maximum absolute atomic E-state index is 11.0. The fraction of sp³-hybridized carbons (Fsp3) is 0.364. The number of aliphatic hydroxyl groups excluding tert-OH is 1. The molecule has 0 aromatic heterocycles. The summed E-state index contributed by atoms with van der Waals surface area (Å²) >= 11 is 0. The Kier molecular flexibility index (Phi) is 4.78. The van der Waals surface area contributed by atoms with Gasteiger partial charge in [-0.05, 0) is 23.3 Å². The van der Waals surface area contributed by atoms with Crippen molar-refractivity contribution in [2.75, 3.05) is 5.73 Å². The van der Waals surface area contributed by atoms with Crippen LogP contribution < -0.4 is 11.1 Å². The third-order valence-electron chi connectivity index (χ3n) is 2.68. The standard InChI is InChI=1S/C11H14N2O2.Ac/c1-6(14)13-11-9-5-8(12)3-2-7(9)4-10(11)15;/h2-3,5,10-11,15H,4,12H2,1H3,(H,13,14);. The molecule has 1 aromatic rings. The Morgan fingerprint density at radius 3 is 2.88 bits per heavy atom. The minimum Gasteiger partial charge on any atom is -0.399 e. The van der Waals surface area contributed by atoms with Gasteiger partial charge in [-0.1, -0.05) is 6.07 Å². The number of aliphatic hydroxyl groups is 1. The molecule has 0 bridgehead atoms. The van der Waals surface area contributed by atoms with Gasteiger partial charge in [0.05, 0.1) is 12.1 Å². The Morgan fingerprint density at radius 2 is 2.25 bits per heavy atom. The molecule has 2 rings (SSSR count). The van der Waals surface area contributed by atoms with Crippen molar-refractivity contribution in [1.29, 1.82) is 0 Å². The van der Waals surface area contributed by atoms with E-state index >= 15 is 0 Å². The van der Waals surface area contributed by atoms with Gasteiger partial charge in [0.25, 0.3) is 0 Å². The average molecular weight is 433 g/mol. The number of amides is 1. The van der Waals surface area contributed by atoms with Gasteiger partial charge < -0.3 is 16.2 Å². The van der Waals surface area contributed by atoms with E-state index in [-0.39, 0.29) is 56.0 Å². The fourth-order valence-corrected chi connectivity index (χ4v) is 2.03. The smallest absolute Gasteiger partial charge is 0.217 e. The number of fused-ring (bicyclic) bond motifs is 1. The van der Waals surface area contributed by atoms with Crippen LogP contribution in [0.4, 0.5) is 5.69 Å². The molecule has 0 saturated carbocycles. The van der Waals surface area contributed by atoms with E-state index in [1.807, 2.05) is 18.2 Å². The maximum Gasteiger partial charge on any atom is 0.217 e. The first-order valence-corrected chi connectivity index (χ1v) is 4.91. The van der Waals surface area contributed by atoms with Crippen molar-refractivity contribution < 1.29 is 54.0 Å². The van der Waals surface area contributed by atoms with E-state index in [4.69, 9.17) is 5.73 Å². The van der Waals surface area contributed by atoms with Crippen LogP contribution in [0.2, 0.25) is 0 Å². The summed E-state index contributed by atoms with van der Waals surface area (Å²) in [6, 6.07) is 5.20. The molecule has 2 unspecified atom stereocenters. The molecule has 5 heteroatoms. The summed E-state index contributed by atoms with van der Waals surface area (Å²) in [5.74, 6) is -0.144. The quantitative estimate of drug-likeness (QED) is 0.561. The largest absolute Gasteiger partial charge is 0.399 e. The predicted octanol–water partition coefficient (Wildman–Crippen LogP) is 0.363. The zero-order valence-electron chi connectivity index (χ0n) is 9.10. The second-order valence-electron chi connectivity index (χ2n) is 3.91. The molecule has 0 aliphatic heterocycles. The number of hydrogen-bond acceptors (Lipinski definition) is 3. The molecule has 83 valence electrons. The van der Waals surface area contributed by atoms with E-state index in [2.05, 4.69) is 5.32 Å². The van der Waals surface area contributed by atoms with Crippen molar-refractivity contribution in [1.82, 2.24) is 5.32 Å². The van der Waals surface area contributed by atoms with Crippen LogP contribution in [0.1, 0.15) is 24.1 Å². The summed E-state index contributed by atoms with van der Waals surface area (Å²) in [5.41, 5.74) is 8.31. The molecule has 4 nitrogen and oxygen atoms in total. The number of anilines is 1. The molecule has 4 N–H and O–H groups in total. The molecular formula is C11H14AcN2O2. The maximum atomic E-state index is 11.0. The summed E-state index contributed by atoms with van der Waals surface area (Å²) in [6.45, 7) is 1.44. The number of nitrogen functional groups attached to an aromatic ring is 1. The Labute approximate surface area is 130 Å². The second kappa shape index (κ2) is 5.48. The normalized spacial score (nSPS) is 22.1. The fourth-order valence-electron chi connectivity index (χ4n) is 2.03. The number of nitrogens with two attached hydrogens (primary N) is 1. The Bertz CT molecular complexity index is 409. The van der Waals surface area contributed by atoms with E-state index < -0.39 is 6.10 Å². The molecule has 1 radical (unpaired) electrons. The van der Waals surface area contributed by atoms with Crippen LogP contribution in [-0.4, -0.2) is 17.1 Å². The number of nitrogens with one attached hydrogen (secondary N) is 1. The van der Waals surface area contributed by atoms with Crippen LogP contribution in [0.3, 0.4) is 0 Å². The SMILES string of the molecule is CC(=O)NC1c2cc(N)ccc2CC1O.[Ac]. The van der Waals surface area contributed by atoms with E-state index in [0.29, 0.717) is 12.1 Å². The summed E-state index contributed by atoms with van der Waals surface area (Å²) in [4.78, 5) is 11.0. The minimum atomic E-state index is -0.550. The number of hydrogen-bond donors (Lipinski definition) is 3. The molecular weight excluding hydrogens is 419 g/mol.